The number of hydrogen-bond acceptors (Lipinski definition) is 4. The van der Waals surface area contributed by atoms with E-state index in [9.17, 15) is 5.11 Å². The molecule has 114 valence electrons. The summed E-state index contributed by atoms with van der Waals surface area (Å²) in [6.45, 7) is 7.25. The zero-order valence-electron chi connectivity index (χ0n) is 13.1. The minimum atomic E-state index is 0.00434. The monoisotopic (exact) mass is 288 g/mol. The van der Waals surface area contributed by atoms with Gasteiger partial charge in [0.2, 0.25) is 5.78 Å². The summed E-state index contributed by atoms with van der Waals surface area (Å²) < 4.78 is 2.10. The molecule has 1 aliphatic carbocycles. The lowest BCUT2D eigenvalue weighted by Crippen LogP contribution is -2.41. The molecule has 1 saturated carbocycles. The number of rotatable bonds is 4. The van der Waals surface area contributed by atoms with E-state index in [0.717, 1.165) is 42.2 Å². The van der Waals surface area contributed by atoms with Crippen LogP contribution in [0.3, 0.4) is 0 Å². The first kappa shape index (κ1) is 14.5. The minimum Gasteiger partial charge on any atom is -0.396 e. The Morgan fingerprint density at radius 2 is 2.29 bits per heavy atom. The highest BCUT2D eigenvalue weighted by Gasteiger charge is 2.37. The van der Waals surface area contributed by atoms with Gasteiger partial charge in [0, 0.05) is 36.0 Å². The van der Waals surface area contributed by atoms with Crippen molar-refractivity contribution in [1.82, 2.24) is 19.7 Å². The SMILES string of the molecule is Cc1cc(C)n2c(CNC3CCCC3(C)CO)cnc2n1. The van der Waals surface area contributed by atoms with E-state index in [-0.39, 0.29) is 12.0 Å². The topological polar surface area (TPSA) is 62.5 Å². The molecule has 2 heterocycles. The lowest BCUT2D eigenvalue weighted by atomic mass is 9.86. The quantitative estimate of drug-likeness (QED) is 0.903. The van der Waals surface area contributed by atoms with E-state index in [1.54, 1.807) is 0 Å². The van der Waals surface area contributed by atoms with Gasteiger partial charge in [0.1, 0.15) is 0 Å². The highest BCUT2D eigenvalue weighted by Crippen LogP contribution is 2.37. The zero-order valence-corrected chi connectivity index (χ0v) is 13.1. The highest BCUT2D eigenvalue weighted by atomic mass is 16.3. The van der Waals surface area contributed by atoms with Gasteiger partial charge < -0.3 is 10.4 Å². The zero-order chi connectivity index (χ0) is 15.0. The maximum atomic E-state index is 9.63. The minimum absolute atomic E-state index is 0.00434. The van der Waals surface area contributed by atoms with E-state index in [1.165, 1.54) is 6.42 Å². The van der Waals surface area contributed by atoms with E-state index >= 15 is 0 Å². The van der Waals surface area contributed by atoms with E-state index < -0.39 is 0 Å². The van der Waals surface area contributed by atoms with Crippen LogP contribution < -0.4 is 5.32 Å². The Kier molecular flexibility index (Phi) is 3.71. The molecule has 0 bridgehead atoms. The Morgan fingerprint density at radius 1 is 1.48 bits per heavy atom. The molecule has 0 saturated heterocycles. The van der Waals surface area contributed by atoms with E-state index in [0.29, 0.717) is 6.04 Å². The second-order valence-corrected chi connectivity index (χ2v) is 6.56. The summed E-state index contributed by atoms with van der Waals surface area (Å²) >= 11 is 0. The van der Waals surface area contributed by atoms with E-state index in [4.69, 9.17) is 0 Å². The molecule has 3 rings (SSSR count). The Morgan fingerprint density at radius 3 is 3.05 bits per heavy atom. The fraction of sp³-hybridized carbons (Fsp3) is 0.625. The van der Waals surface area contributed by atoms with Crippen molar-refractivity contribution in [3.05, 3.63) is 29.3 Å². The summed E-state index contributed by atoms with van der Waals surface area (Å²) in [6, 6.07) is 2.44. The molecule has 2 aromatic heterocycles. The number of aliphatic hydroxyl groups is 1. The summed E-state index contributed by atoms with van der Waals surface area (Å²) in [5.74, 6) is 0.764. The number of aryl methyl sites for hydroxylation is 2. The largest absolute Gasteiger partial charge is 0.396 e. The molecular weight excluding hydrogens is 264 g/mol. The molecule has 1 fully saturated rings. The third kappa shape index (κ3) is 2.56. The van der Waals surface area contributed by atoms with Gasteiger partial charge in [-0.05, 0) is 32.8 Å². The van der Waals surface area contributed by atoms with Crippen molar-refractivity contribution >= 4 is 5.78 Å². The summed E-state index contributed by atoms with van der Waals surface area (Å²) in [6.07, 6.45) is 5.30. The molecule has 0 spiro atoms. The number of imidazole rings is 1. The molecular formula is C16H24N4O. The van der Waals surface area contributed by atoms with E-state index in [2.05, 4.69) is 39.6 Å². The first-order chi connectivity index (χ1) is 10.0. The molecule has 0 amide bonds. The van der Waals surface area contributed by atoms with Crippen LogP contribution in [0.15, 0.2) is 12.3 Å². The second-order valence-electron chi connectivity index (χ2n) is 6.56. The summed E-state index contributed by atoms with van der Waals surface area (Å²) in [5.41, 5.74) is 3.28. The smallest absolute Gasteiger partial charge is 0.234 e. The molecule has 2 atom stereocenters. The third-order valence-electron chi connectivity index (χ3n) is 4.84. The van der Waals surface area contributed by atoms with E-state index in [1.807, 2.05) is 13.1 Å². The number of aliphatic hydroxyl groups excluding tert-OH is 1. The van der Waals surface area contributed by atoms with Crippen LogP contribution in [0.1, 0.15) is 43.3 Å². The van der Waals surface area contributed by atoms with Crippen LogP contribution in [0, 0.1) is 19.3 Å². The highest BCUT2D eigenvalue weighted by molar-refractivity contribution is 5.35. The Bertz CT molecular complexity index is 651. The van der Waals surface area contributed by atoms with Crippen molar-refractivity contribution in [1.29, 1.82) is 0 Å². The number of hydrogen-bond donors (Lipinski definition) is 2. The van der Waals surface area contributed by atoms with Gasteiger partial charge in [-0.3, -0.25) is 4.40 Å². The van der Waals surface area contributed by atoms with Crippen molar-refractivity contribution in [2.24, 2.45) is 5.41 Å². The molecule has 1 aliphatic rings. The Hall–Kier alpha value is -1.46. The van der Waals surface area contributed by atoms with Crippen molar-refractivity contribution in [3.63, 3.8) is 0 Å². The Balaban J connectivity index is 1.80. The van der Waals surface area contributed by atoms with Crippen molar-refractivity contribution < 1.29 is 5.11 Å². The number of fused-ring (bicyclic) bond motifs is 1. The van der Waals surface area contributed by atoms with Crippen LogP contribution in [-0.4, -0.2) is 32.1 Å². The molecule has 0 aromatic carbocycles. The van der Waals surface area contributed by atoms with Crippen LogP contribution in [0.25, 0.3) is 5.78 Å². The van der Waals surface area contributed by atoms with Crippen molar-refractivity contribution in [2.75, 3.05) is 6.61 Å². The Labute approximate surface area is 125 Å². The fourth-order valence-electron chi connectivity index (χ4n) is 3.52. The van der Waals surface area contributed by atoms with Gasteiger partial charge in [-0.15, -0.1) is 0 Å². The summed E-state index contributed by atoms with van der Waals surface area (Å²) in [5, 5.41) is 13.2. The maximum Gasteiger partial charge on any atom is 0.234 e. The third-order valence-corrected chi connectivity index (χ3v) is 4.84. The number of nitrogens with one attached hydrogen (secondary N) is 1. The van der Waals surface area contributed by atoms with Gasteiger partial charge in [-0.25, -0.2) is 9.97 Å². The first-order valence-corrected chi connectivity index (χ1v) is 7.68. The molecule has 5 nitrogen and oxygen atoms in total. The van der Waals surface area contributed by atoms with Crippen molar-refractivity contribution in [2.45, 2.75) is 52.6 Å². The predicted octanol–water partition coefficient (Wildman–Crippen LogP) is 1.99. The molecule has 0 radical (unpaired) electrons. The average molecular weight is 288 g/mol. The van der Waals surface area contributed by atoms with Gasteiger partial charge in [0.15, 0.2) is 0 Å². The summed E-state index contributed by atoms with van der Waals surface area (Å²) in [4.78, 5) is 8.87. The second kappa shape index (κ2) is 5.39. The lowest BCUT2D eigenvalue weighted by molar-refractivity contribution is 0.118. The molecule has 0 aliphatic heterocycles. The van der Waals surface area contributed by atoms with Crippen LogP contribution in [0.4, 0.5) is 0 Å². The normalized spacial score (nSPS) is 25.8. The van der Waals surface area contributed by atoms with Gasteiger partial charge in [0.05, 0.1) is 11.9 Å². The van der Waals surface area contributed by atoms with Crippen molar-refractivity contribution in [3.8, 4) is 0 Å². The molecule has 2 aromatic rings. The van der Waals surface area contributed by atoms with Gasteiger partial charge in [-0.2, -0.15) is 0 Å². The van der Waals surface area contributed by atoms with Gasteiger partial charge in [0.25, 0.3) is 0 Å². The van der Waals surface area contributed by atoms with Gasteiger partial charge >= 0.3 is 0 Å². The predicted molar refractivity (Wildman–Crippen MR) is 82.1 cm³/mol. The standard InChI is InChI=1S/C16H24N4O/c1-11-7-12(2)20-13(9-18-15(20)19-11)8-17-14-5-4-6-16(14,3)10-21/h7,9,14,17,21H,4-6,8,10H2,1-3H3. The van der Waals surface area contributed by atoms with Crippen LogP contribution in [0.5, 0.6) is 0 Å². The van der Waals surface area contributed by atoms with Crippen LogP contribution >= 0.6 is 0 Å². The molecule has 21 heavy (non-hydrogen) atoms. The van der Waals surface area contributed by atoms with Gasteiger partial charge in [-0.1, -0.05) is 13.3 Å². The summed E-state index contributed by atoms with van der Waals surface area (Å²) in [7, 11) is 0. The average Bonchev–Trinajstić information content (AvgIpc) is 3.01. The van der Waals surface area contributed by atoms with Crippen LogP contribution in [0.2, 0.25) is 0 Å². The fourth-order valence-corrected chi connectivity index (χ4v) is 3.52. The molecule has 2 N–H and O–H groups in total. The molecule has 2 unspecified atom stereocenters. The maximum absolute atomic E-state index is 9.63. The number of aromatic nitrogens is 3. The van der Waals surface area contributed by atoms with Crippen LogP contribution in [-0.2, 0) is 6.54 Å². The lowest BCUT2D eigenvalue weighted by Gasteiger charge is -2.30. The number of nitrogens with zero attached hydrogens (tertiary/aromatic N) is 3. The first-order valence-electron chi connectivity index (χ1n) is 7.68. The molecule has 5 heteroatoms.